The Kier molecular flexibility index (Phi) is 2.95. The number of allylic oxidation sites excluding steroid dienone is 2. The van der Waals surface area contributed by atoms with Gasteiger partial charge in [-0.1, -0.05) is 20.8 Å². The number of hydrogen-bond donors (Lipinski definition) is 0. The lowest BCUT2D eigenvalue weighted by Gasteiger charge is -2.64. The molecule has 2 spiro atoms. The van der Waals surface area contributed by atoms with E-state index in [1.54, 1.807) is 0 Å². The summed E-state index contributed by atoms with van der Waals surface area (Å²) in [6.07, 6.45) is 8.91. The average molecular weight is 356 g/mol. The average Bonchev–Trinajstić information content (AvgIpc) is 3.24. The topological polar surface area (TPSA) is 52.6 Å². The van der Waals surface area contributed by atoms with E-state index in [-0.39, 0.29) is 33.8 Å². The summed E-state index contributed by atoms with van der Waals surface area (Å²) in [7, 11) is 1.45. The molecular formula is C22H28O4. The maximum absolute atomic E-state index is 12.9. The number of hydrogen-bond acceptors (Lipinski definition) is 4. The van der Waals surface area contributed by atoms with Crippen LogP contribution >= 0.6 is 0 Å². The van der Waals surface area contributed by atoms with Crippen LogP contribution in [0.2, 0.25) is 0 Å². The second-order valence-corrected chi connectivity index (χ2v) is 9.85. The van der Waals surface area contributed by atoms with Gasteiger partial charge in [0.25, 0.3) is 0 Å². The Morgan fingerprint density at radius 2 is 1.96 bits per heavy atom. The highest BCUT2D eigenvalue weighted by molar-refractivity contribution is 6.21. The predicted molar refractivity (Wildman–Crippen MR) is 96.1 cm³/mol. The fourth-order valence-electron chi connectivity index (χ4n) is 7.35. The van der Waals surface area contributed by atoms with Gasteiger partial charge in [-0.05, 0) is 56.3 Å². The van der Waals surface area contributed by atoms with E-state index < -0.39 is 0 Å². The first-order valence-electron chi connectivity index (χ1n) is 10.0. The highest BCUT2D eigenvalue weighted by Gasteiger charge is 2.82. The number of carbonyl (C=O) groups excluding carboxylic acids is 2. The van der Waals surface area contributed by atoms with E-state index in [9.17, 15) is 9.59 Å². The normalized spacial score (nSPS) is 49.2. The minimum Gasteiger partial charge on any atom is -0.493 e. The first-order valence-corrected chi connectivity index (χ1v) is 10.0. The molecule has 0 unspecified atom stereocenters. The van der Waals surface area contributed by atoms with Gasteiger partial charge in [-0.15, -0.1) is 0 Å². The van der Waals surface area contributed by atoms with Crippen LogP contribution in [0.25, 0.3) is 0 Å². The molecule has 0 aromatic rings. The van der Waals surface area contributed by atoms with Gasteiger partial charge in [-0.2, -0.15) is 0 Å². The zero-order valence-corrected chi connectivity index (χ0v) is 16.2. The van der Waals surface area contributed by atoms with Crippen molar-refractivity contribution >= 4 is 11.6 Å². The molecule has 4 heteroatoms. The lowest BCUT2D eigenvalue weighted by atomic mass is 9.46. The summed E-state index contributed by atoms with van der Waals surface area (Å²) < 4.78 is 11.9. The summed E-state index contributed by atoms with van der Waals surface area (Å²) in [6, 6.07) is 0. The quantitative estimate of drug-likeness (QED) is 0.664. The van der Waals surface area contributed by atoms with Crippen molar-refractivity contribution in [3.05, 3.63) is 23.2 Å². The van der Waals surface area contributed by atoms with E-state index in [1.165, 1.54) is 38.9 Å². The second-order valence-electron chi connectivity index (χ2n) is 9.85. The van der Waals surface area contributed by atoms with Crippen molar-refractivity contribution in [2.45, 2.75) is 71.3 Å². The first-order chi connectivity index (χ1) is 12.2. The van der Waals surface area contributed by atoms with Gasteiger partial charge in [0.1, 0.15) is 5.60 Å². The summed E-state index contributed by atoms with van der Waals surface area (Å²) in [5.74, 6) is 0.561. The van der Waals surface area contributed by atoms with Crippen LogP contribution in [0.5, 0.6) is 0 Å². The predicted octanol–water partition coefficient (Wildman–Crippen LogP) is 4.10. The summed E-state index contributed by atoms with van der Waals surface area (Å²) >= 11 is 0. The third-order valence-corrected chi connectivity index (χ3v) is 9.07. The Morgan fingerprint density at radius 1 is 1.19 bits per heavy atom. The molecule has 4 nitrogen and oxygen atoms in total. The Hall–Kier alpha value is -1.58. The fraction of sp³-hybridized carbons (Fsp3) is 0.727. The molecule has 3 fully saturated rings. The molecular weight excluding hydrogens is 328 g/mol. The maximum Gasteiger partial charge on any atom is 0.227 e. The second kappa shape index (κ2) is 4.63. The molecule has 0 amide bonds. The molecule has 5 rings (SSSR count). The zero-order chi connectivity index (χ0) is 18.5. The molecule has 5 aliphatic rings. The molecule has 4 aliphatic carbocycles. The van der Waals surface area contributed by atoms with E-state index in [1.807, 2.05) is 0 Å². The first kappa shape index (κ1) is 16.6. The summed E-state index contributed by atoms with van der Waals surface area (Å²) in [4.78, 5) is 25.7. The van der Waals surface area contributed by atoms with Crippen molar-refractivity contribution in [3.63, 3.8) is 0 Å². The number of Topliss-reactive ketones (excluding diaryl/α,β-unsaturated/α-hetero) is 1. The van der Waals surface area contributed by atoms with Crippen LogP contribution in [-0.4, -0.2) is 24.3 Å². The Balaban J connectivity index is 1.69. The molecule has 0 aromatic heterocycles. The lowest BCUT2D eigenvalue weighted by Crippen LogP contribution is -2.65. The molecule has 0 radical (unpaired) electrons. The largest absolute Gasteiger partial charge is 0.493 e. The van der Waals surface area contributed by atoms with Gasteiger partial charge in [-0.25, -0.2) is 0 Å². The number of ether oxygens (including phenoxy) is 2. The van der Waals surface area contributed by atoms with Crippen molar-refractivity contribution in [3.8, 4) is 0 Å². The van der Waals surface area contributed by atoms with Crippen LogP contribution < -0.4 is 0 Å². The Labute approximate surface area is 155 Å². The van der Waals surface area contributed by atoms with Crippen LogP contribution in [0.15, 0.2) is 23.2 Å². The molecule has 0 N–H and O–H groups in total. The van der Waals surface area contributed by atoms with E-state index in [4.69, 9.17) is 9.47 Å². The van der Waals surface area contributed by atoms with Crippen LogP contribution in [-0.2, 0) is 19.1 Å². The van der Waals surface area contributed by atoms with E-state index >= 15 is 0 Å². The van der Waals surface area contributed by atoms with Crippen LogP contribution in [0.1, 0.15) is 65.7 Å². The highest BCUT2D eigenvalue weighted by atomic mass is 16.5. The molecule has 1 heterocycles. The SMILES string of the molecule is COC1=CC(=O)C2=C(C[C@]3(C)[C@H](C)CC[C@]45C[C@@]4(C)CCC[C@]53O2)C1=O. The van der Waals surface area contributed by atoms with Crippen LogP contribution in [0, 0.1) is 22.2 Å². The summed E-state index contributed by atoms with van der Waals surface area (Å²) in [5.41, 5.74) is 0.623. The van der Waals surface area contributed by atoms with E-state index in [0.29, 0.717) is 29.1 Å². The third-order valence-electron chi connectivity index (χ3n) is 9.07. The summed E-state index contributed by atoms with van der Waals surface area (Å²) in [5, 5.41) is 0. The lowest BCUT2D eigenvalue weighted by molar-refractivity contribution is -0.229. The molecule has 1 aliphatic heterocycles. The third kappa shape index (κ3) is 1.55. The van der Waals surface area contributed by atoms with Crippen LogP contribution in [0.4, 0.5) is 0 Å². The van der Waals surface area contributed by atoms with Gasteiger partial charge in [-0.3, -0.25) is 9.59 Å². The van der Waals surface area contributed by atoms with Gasteiger partial charge >= 0.3 is 0 Å². The van der Waals surface area contributed by atoms with Crippen molar-refractivity contribution in [1.82, 2.24) is 0 Å². The van der Waals surface area contributed by atoms with Gasteiger partial charge in [0.05, 0.1) is 12.7 Å². The standard InChI is InChI=1S/C22H28O4/c1-13-6-9-21-12-19(21,2)7-5-8-22(21)20(13,3)11-14-17(24)16(25-4)10-15(23)18(14)26-22/h10,13H,5-9,11-12H2,1-4H3/t13-,19-,20-,21+,22-/m1/s1. The van der Waals surface area contributed by atoms with Gasteiger partial charge < -0.3 is 9.47 Å². The number of rotatable bonds is 1. The van der Waals surface area contributed by atoms with Crippen molar-refractivity contribution < 1.29 is 19.1 Å². The summed E-state index contributed by atoms with van der Waals surface area (Å²) in [6.45, 7) is 7.03. The monoisotopic (exact) mass is 356 g/mol. The van der Waals surface area contributed by atoms with E-state index in [0.717, 1.165) is 12.8 Å². The van der Waals surface area contributed by atoms with Crippen molar-refractivity contribution in [2.24, 2.45) is 22.2 Å². The van der Waals surface area contributed by atoms with Gasteiger partial charge in [0.2, 0.25) is 11.6 Å². The molecule has 26 heavy (non-hydrogen) atoms. The minimum atomic E-state index is -0.308. The van der Waals surface area contributed by atoms with Gasteiger partial charge in [0, 0.05) is 16.9 Å². The molecule has 0 bridgehead atoms. The smallest absolute Gasteiger partial charge is 0.227 e. The van der Waals surface area contributed by atoms with Gasteiger partial charge in [0.15, 0.2) is 11.5 Å². The van der Waals surface area contributed by atoms with Crippen LogP contribution in [0.3, 0.4) is 0 Å². The maximum atomic E-state index is 12.9. The molecule has 0 aromatic carbocycles. The minimum absolute atomic E-state index is 0.117. The fourth-order valence-corrected chi connectivity index (χ4v) is 7.35. The van der Waals surface area contributed by atoms with E-state index in [2.05, 4.69) is 20.8 Å². The van der Waals surface area contributed by atoms with Crippen molar-refractivity contribution in [1.29, 1.82) is 0 Å². The number of ketones is 2. The molecule has 3 saturated carbocycles. The molecule has 140 valence electrons. The molecule has 0 saturated heterocycles. The number of carbonyl (C=O) groups is 2. The van der Waals surface area contributed by atoms with Crippen molar-refractivity contribution in [2.75, 3.05) is 7.11 Å². The molecule has 5 atom stereocenters. The number of methoxy groups -OCH3 is 1. The Morgan fingerprint density at radius 3 is 2.69 bits per heavy atom. The Bertz CT molecular complexity index is 807. The zero-order valence-electron chi connectivity index (χ0n) is 16.2. The highest BCUT2D eigenvalue weighted by Crippen LogP contribution is 2.84.